The number of halogens is 1. The molecule has 33 heavy (non-hydrogen) atoms. The Balaban J connectivity index is 0.00000259. The van der Waals surface area contributed by atoms with Crippen molar-refractivity contribution in [2.75, 3.05) is 37.6 Å². The molecule has 0 atom stereocenters. The predicted molar refractivity (Wildman–Crippen MR) is 132 cm³/mol. The SMILES string of the molecule is Cl.O=C(O)CC[C@H]1CC[C@H](N2CCN(c3ccc4c(c3)CCN(CC3CC3)CC4)C2=O)CC1. The lowest BCUT2D eigenvalue weighted by molar-refractivity contribution is -0.137. The Hall–Kier alpha value is -1.79. The van der Waals surface area contributed by atoms with Crippen LogP contribution < -0.4 is 4.90 Å². The summed E-state index contributed by atoms with van der Waals surface area (Å²) < 4.78 is 0. The normalized spacial score (nSPS) is 26.0. The first-order valence-electron chi connectivity index (χ1n) is 12.7. The van der Waals surface area contributed by atoms with Gasteiger partial charge in [-0.15, -0.1) is 12.4 Å². The van der Waals surface area contributed by atoms with E-state index in [0.29, 0.717) is 12.0 Å². The summed E-state index contributed by atoms with van der Waals surface area (Å²) in [6, 6.07) is 7.16. The Bertz CT molecular complexity index is 851. The second-order valence-corrected chi connectivity index (χ2v) is 10.4. The number of benzene rings is 1. The number of fused-ring (bicyclic) bond motifs is 1. The van der Waals surface area contributed by atoms with Crippen LogP contribution in [-0.4, -0.2) is 65.7 Å². The number of anilines is 1. The summed E-state index contributed by atoms with van der Waals surface area (Å²) in [6.45, 7) is 5.13. The van der Waals surface area contributed by atoms with Gasteiger partial charge in [0.2, 0.25) is 0 Å². The van der Waals surface area contributed by atoms with E-state index in [1.165, 1.54) is 30.5 Å². The summed E-state index contributed by atoms with van der Waals surface area (Å²) >= 11 is 0. The van der Waals surface area contributed by atoms with Crippen molar-refractivity contribution in [2.24, 2.45) is 11.8 Å². The number of aliphatic carboxylic acids is 1. The second kappa shape index (κ2) is 10.6. The Morgan fingerprint density at radius 2 is 1.61 bits per heavy atom. The van der Waals surface area contributed by atoms with Crippen LogP contribution in [0.3, 0.4) is 0 Å². The lowest BCUT2D eigenvalue weighted by atomic mass is 9.83. The van der Waals surface area contributed by atoms with Crippen LogP contribution in [0.15, 0.2) is 18.2 Å². The maximum Gasteiger partial charge on any atom is 0.324 e. The Morgan fingerprint density at radius 3 is 2.30 bits per heavy atom. The van der Waals surface area contributed by atoms with Gasteiger partial charge in [0.25, 0.3) is 0 Å². The molecule has 0 aromatic heterocycles. The van der Waals surface area contributed by atoms with Crippen molar-refractivity contribution in [3.63, 3.8) is 0 Å². The molecule has 7 heteroatoms. The van der Waals surface area contributed by atoms with Crippen LogP contribution >= 0.6 is 12.4 Å². The number of carboxylic acids is 1. The van der Waals surface area contributed by atoms with Gasteiger partial charge in [0.15, 0.2) is 0 Å². The fourth-order valence-corrected chi connectivity index (χ4v) is 5.98. The topological polar surface area (TPSA) is 64.1 Å². The number of amides is 2. The molecule has 2 heterocycles. The molecule has 3 fully saturated rings. The van der Waals surface area contributed by atoms with Crippen LogP contribution in [0.1, 0.15) is 62.5 Å². The first kappa shape index (κ1) is 24.3. The molecule has 5 rings (SSSR count). The number of carbonyl (C=O) groups is 2. The molecule has 1 aromatic rings. The maximum atomic E-state index is 13.3. The molecular formula is C26H38ClN3O3. The fraction of sp³-hybridized carbons (Fsp3) is 0.692. The van der Waals surface area contributed by atoms with Gasteiger partial charge in [-0.05, 0) is 92.9 Å². The summed E-state index contributed by atoms with van der Waals surface area (Å²) in [5, 5.41) is 8.92. The highest BCUT2D eigenvalue weighted by Crippen LogP contribution is 2.34. The maximum absolute atomic E-state index is 13.3. The average molecular weight is 476 g/mol. The van der Waals surface area contributed by atoms with E-state index in [1.54, 1.807) is 0 Å². The first-order chi connectivity index (χ1) is 15.6. The van der Waals surface area contributed by atoms with Gasteiger partial charge < -0.3 is 14.9 Å². The summed E-state index contributed by atoms with van der Waals surface area (Å²) in [5.41, 5.74) is 3.93. The minimum atomic E-state index is -0.700. The number of rotatable bonds is 7. The van der Waals surface area contributed by atoms with Crippen LogP contribution in [-0.2, 0) is 17.6 Å². The van der Waals surface area contributed by atoms with Gasteiger partial charge in [0.05, 0.1) is 0 Å². The van der Waals surface area contributed by atoms with E-state index in [2.05, 4.69) is 28.0 Å². The molecule has 0 unspecified atom stereocenters. The third kappa shape index (κ3) is 5.83. The smallest absolute Gasteiger partial charge is 0.324 e. The van der Waals surface area contributed by atoms with Crippen LogP contribution in [0, 0.1) is 11.8 Å². The fourth-order valence-electron chi connectivity index (χ4n) is 5.98. The highest BCUT2D eigenvalue weighted by atomic mass is 35.5. The third-order valence-electron chi connectivity index (χ3n) is 8.17. The van der Waals surface area contributed by atoms with Gasteiger partial charge >= 0.3 is 12.0 Å². The molecule has 2 aliphatic heterocycles. The zero-order valence-corrected chi connectivity index (χ0v) is 20.4. The van der Waals surface area contributed by atoms with Gasteiger partial charge in [0, 0.05) is 50.9 Å². The number of carbonyl (C=O) groups excluding carboxylic acids is 1. The van der Waals surface area contributed by atoms with Crippen molar-refractivity contribution in [2.45, 2.75) is 70.3 Å². The third-order valence-corrected chi connectivity index (χ3v) is 8.17. The molecule has 0 bridgehead atoms. The van der Waals surface area contributed by atoms with E-state index in [4.69, 9.17) is 5.11 Å². The quantitative estimate of drug-likeness (QED) is 0.626. The van der Waals surface area contributed by atoms with Crippen molar-refractivity contribution >= 4 is 30.1 Å². The molecule has 6 nitrogen and oxygen atoms in total. The Morgan fingerprint density at radius 1 is 0.909 bits per heavy atom. The van der Waals surface area contributed by atoms with Crippen LogP contribution in [0.4, 0.5) is 10.5 Å². The number of hydrogen-bond donors (Lipinski definition) is 1. The molecule has 1 N–H and O–H groups in total. The molecule has 1 saturated heterocycles. The van der Waals surface area contributed by atoms with Gasteiger partial charge in [-0.1, -0.05) is 6.07 Å². The minimum absolute atomic E-state index is 0. The minimum Gasteiger partial charge on any atom is -0.481 e. The van der Waals surface area contributed by atoms with E-state index in [0.717, 1.165) is 82.7 Å². The molecule has 2 aliphatic carbocycles. The summed E-state index contributed by atoms with van der Waals surface area (Å²) in [7, 11) is 0. The molecule has 0 radical (unpaired) electrons. The lowest BCUT2D eigenvalue weighted by Crippen LogP contribution is -2.41. The van der Waals surface area contributed by atoms with Gasteiger partial charge in [-0.25, -0.2) is 4.79 Å². The molecule has 2 amide bonds. The molecule has 1 aromatic carbocycles. The molecule has 0 spiro atoms. The van der Waals surface area contributed by atoms with Crippen molar-refractivity contribution < 1.29 is 14.7 Å². The predicted octanol–water partition coefficient (Wildman–Crippen LogP) is 4.58. The van der Waals surface area contributed by atoms with E-state index < -0.39 is 5.97 Å². The Kier molecular flexibility index (Phi) is 7.85. The van der Waals surface area contributed by atoms with Gasteiger partial charge in [-0.2, -0.15) is 0 Å². The zero-order chi connectivity index (χ0) is 22.1. The number of hydrogen-bond acceptors (Lipinski definition) is 3. The van der Waals surface area contributed by atoms with E-state index >= 15 is 0 Å². The highest BCUT2D eigenvalue weighted by Gasteiger charge is 2.36. The summed E-state index contributed by atoms with van der Waals surface area (Å²) in [6.07, 6.45) is 10.1. The van der Waals surface area contributed by atoms with Crippen molar-refractivity contribution in [1.29, 1.82) is 0 Å². The van der Waals surface area contributed by atoms with Crippen LogP contribution in [0.25, 0.3) is 0 Å². The van der Waals surface area contributed by atoms with Gasteiger partial charge in [-0.3, -0.25) is 9.69 Å². The van der Waals surface area contributed by atoms with E-state index in [1.807, 2.05) is 4.90 Å². The monoisotopic (exact) mass is 475 g/mol. The summed E-state index contributed by atoms with van der Waals surface area (Å²) in [4.78, 5) is 30.8. The van der Waals surface area contributed by atoms with Crippen molar-refractivity contribution in [3.8, 4) is 0 Å². The second-order valence-electron chi connectivity index (χ2n) is 10.4. The highest BCUT2D eigenvalue weighted by molar-refractivity contribution is 5.94. The van der Waals surface area contributed by atoms with Crippen LogP contribution in [0.5, 0.6) is 0 Å². The zero-order valence-electron chi connectivity index (χ0n) is 19.6. The van der Waals surface area contributed by atoms with E-state index in [-0.39, 0.29) is 24.9 Å². The van der Waals surface area contributed by atoms with Crippen molar-refractivity contribution in [1.82, 2.24) is 9.80 Å². The first-order valence-corrected chi connectivity index (χ1v) is 12.7. The summed E-state index contributed by atoms with van der Waals surface area (Å²) in [5.74, 6) is 0.737. The lowest BCUT2D eigenvalue weighted by Gasteiger charge is -2.34. The average Bonchev–Trinajstić information content (AvgIpc) is 3.57. The van der Waals surface area contributed by atoms with E-state index in [9.17, 15) is 9.59 Å². The molecule has 4 aliphatic rings. The molecular weight excluding hydrogens is 438 g/mol. The van der Waals surface area contributed by atoms with Crippen molar-refractivity contribution in [3.05, 3.63) is 29.3 Å². The number of carboxylic acid groups (broad SMARTS) is 1. The number of urea groups is 1. The molecule has 2 saturated carbocycles. The van der Waals surface area contributed by atoms with Crippen LogP contribution in [0.2, 0.25) is 0 Å². The molecule has 182 valence electrons. The number of nitrogens with zero attached hydrogens (tertiary/aromatic N) is 3. The Labute approximate surface area is 203 Å². The standard InChI is InChI=1S/C26H37N3O3.ClH/c30-25(31)10-5-19-3-7-23(8-4-19)28-15-16-29(26(28)32)24-9-6-21-11-13-27(18-20-1-2-20)14-12-22(21)17-24;/h6,9,17,19-20,23H,1-5,7-8,10-16,18H2,(H,30,31);1H/t19-,23-;. The van der Waals surface area contributed by atoms with Gasteiger partial charge in [0.1, 0.15) is 0 Å². The largest absolute Gasteiger partial charge is 0.481 e.